The van der Waals surface area contributed by atoms with Gasteiger partial charge in [-0.25, -0.2) is 0 Å². The smallest absolute Gasteiger partial charge is 0.241 e. The average molecular weight is 388 g/mol. The Morgan fingerprint density at radius 3 is 2.43 bits per heavy atom. The molecule has 1 aliphatic carbocycles. The Balaban J connectivity index is 1.61. The van der Waals surface area contributed by atoms with Gasteiger partial charge in [0.2, 0.25) is 5.91 Å². The van der Waals surface area contributed by atoms with Crippen LogP contribution < -0.4 is 11.1 Å². The first-order valence-corrected chi connectivity index (χ1v) is 10.9. The van der Waals surface area contributed by atoms with Crippen LogP contribution in [0.5, 0.6) is 0 Å². The summed E-state index contributed by atoms with van der Waals surface area (Å²) in [6.07, 6.45) is 5.87. The van der Waals surface area contributed by atoms with Crippen LogP contribution in [0.3, 0.4) is 0 Å². The molecule has 3 rings (SSSR count). The van der Waals surface area contributed by atoms with Gasteiger partial charge in [0, 0.05) is 31.5 Å². The molecule has 1 aromatic rings. The summed E-state index contributed by atoms with van der Waals surface area (Å²) < 4.78 is 5.75. The second kappa shape index (κ2) is 8.93. The van der Waals surface area contributed by atoms with Crippen LogP contribution >= 0.6 is 0 Å². The maximum absolute atomic E-state index is 12.9. The van der Waals surface area contributed by atoms with E-state index in [9.17, 15) is 4.79 Å². The van der Waals surface area contributed by atoms with Crippen molar-refractivity contribution in [3.8, 4) is 0 Å². The molecule has 2 unspecified atom stereocenters. The molecule has 1 saturated carbocycles. The van der Waals surface area contributed by atoms with Crippen molar-refractivity contribution >= 4 is 5.91 Å². The average Bonchev–Trinajstić information content (AvgIpc) is 2.95. The van der Waals surface area contributed by atoms with Crippen molar-refractivity contribution in [2.45, 2.75) is 77.6 Å². The maximum atomic E-state index is 12.9. The van der Waals surface area contributed by atoms with Crippen LogP contribution in [0.25, 0.3) is 0 Å². The standard InChI is InChI=1S/C23H37N3O2/c1-4-28-20-15-23(24,22(20,2)3)21(27)25-16-18-11-7-8-12-19(18)17-26-13-9-5-6-10-14-26/h7-8,11-12,20H,4-6,9-10,13-17,24H2,1-3H3,(H,25,27). The van der Waals surface area contributed by atoms with Crippen LogP contribution in [0.15, 0.2) is 24.3 Å². The lowest BCUT2D eigenvalue weighted by atomic mass is 9.54. The van der Waals surface area contributed by atoms with Gasteiger partial charge in [-0.3, -0.25) is 9.69 Å². The third-order valence-electron chi connectivity index (χ3n) is 6.89. The maximum Gasteiger partial charge on any atom is 0.241 e. The van der Waals surface area contributed by atoms with Gasteiger partial charge in [-0.15, -0.1) is 0 Å². The van der Waals surface area contributed by atoms with Gasteiger partial charge in [-0.05, 0) is 44.0 Å². The lowest BCUT2D eigenvalue weighted by Gasteiger charge is -2.57. The Bertz CT molecular complexity index is 668. The van der Waals surface area contributed by atoms with Crippen LogP contribution in [0.2, 0.25) is 0 Å². The largest absolute Gasteiger partial charge is 0.378 e. The molecule has 2 aliphatic rings. The quantitative estimate of drug-likeness (QED) is 0.754. The Hall–Kier alpha value is -1.43. The number of ether oxygens (including phenoxy) is 1. The molecule has 1 amide bonds. The molecular weight excluding hydrogens is 350 g/mol. The van der Waals surface area contributed by atoms with E-state index >= 15 is 0 Å². The fraction of sp³-hybridized carbons (Fsp3) is 0.696. The minimum Gasteiger partial charge on any atom is -0.378 e. The highest BCUT2D eigenvalue weighted by Gasteiger charge is 2.62. The van der Waals surface area contributed by atoms with Crippen LogP contribution in [0, 0.1) is 5.41 Å². The number of benzene rings is 1. The number of nitrogens with two attached hydrogens (primary N) is 1. The molecule has 5 nitrogen and oxygen atoms in total. The highest BCUT2D eigenvalue weighted by atomic mass is 16.5. The number of rotatable bonds is 7. The molecule has 2 fully saturated rings. The summed E-state index contributed by atoms with van der Waals surface area (Å²) >= 11 is 0. The third-order valence-corrected chi connectivity index (χ3v) is 6.89. The highest BCUT2D eigenvalue weighted by molar-refractivity contribution is 5.88. The second-order valence-corrected chi connectivity index (χ2v) is 8.98. The number of hydrogen-bond acceptors (Lipinski definition) is 4. The molecule has 5 heteroatoms. The zero-order chi connectivity index (χ0) is 20.2. The number of nitrogens with zero attached hydrogens (tertiary/aromatic N) is 1. The molecule has 1 aromatic carbocycles. The topological polar surface area (TPSA) is 67.6 Å². The van der Waals surface area contributed by atoms with Crippen molar-refractivity contribution in [1.82, 2.24) is 10.2 Å². The normalized spacial score (nSPS) is 27.6. The van der Waals surface area contributed by atoms with E-state index in [0.717, 1.165) is 6.54 Å². The number of nitrogens with one attached hydrogen (secondary N) is 1. The minimum absolute atomic E-state index is 0.0450. The fourth-order valence-corrected chi connectivity index (χ4v) is 4.57. The lowest BCUT2D eigenvalue weighted by molar-refractivity contribution is -0.170. The molecule has 0 aromatic heterocycles. The van der Waals surface area contributed by atoms with Gasteiger partial charge in [-0.2, -0.15) is 0 Å². The van der Waals surface area contributed by atoms with E-state index < -0.39 is 5.54 Å². The Kier molecular flexibility index (Phi) is 6.79. The van der Waals surface area contributed by atoms with E-state index in [1.165, 1.54) is 49.9 Å². The first-order chi connectivity index (χ1) is 13.4. The van der Waals surface area contributed by atoms with E-state index in [2.05, 4.69) is 28.4 Å². The van der Waals surface area contributed by atoms with E-state index in [1.54, 1.807) is 0 Å². The van der Waals surface area contributed by atoms with E-state index in [-0.39, 0.29) is 17.4 Å². The number of carbonyl (C=O) groups is 1. The van der Waals surface area contributed by atoms with Crippen LogP contribution in [0.1, 0.15) is 64.0 Å². The van der Waals surface area contributed by atoms with E-state index in [4.69, 9.17) is 10.5 Å². The van der Waals surface area contributed by atoms with E-state index in [0.29, 0.717) is 19.6 Å². The summed E-state index contributed by atoms with van der Waals surface area (Å²) in [5.74, 6) is -0.0713. The first-order valence-electron chi connectivity index (χ1n) is 10.9. The molecule has 3 N–H and O–H groups in total. The van der Waals surface area contributed by atoms with Crippen molar-refractivity contribution < 1.29 is 9.53 Å². The summed E-state index contributed by atoms with van der Waals surface area (Å²) in [6.45, 7) is 10.5. The van der Waals surface area contributed by atoms with Gasteiger partial charge in [0.15, 0.2) is 0 Å². The van der Waals surface area contributed by atoms with Crippen LogP contribution in [0.4, 0.5) is 0 Å². The van der Waals surface area contributed by atoms with Crippen molar-refractivity contribution in [3.05, 3.63) is 35.4 Å². The van der Waals surface area contributed by atoms with Gasteiger partial charge in [0.25, 0.3) is 0 Å². The van der Waals surface area contributed by atoms with Gasteiger partial charge < -0.3 is 15.8 Å². The number of amides is 1. The molecule has 2 atom stereocenters. The van der Waals surface area contributed by atoms with Gasteiger partial charge in [-0.1, -0.05) is 51.0 Å². The Morgan fingerprint density at radius 2 is 1.82 bits per heavy atom. The van der Waals surface area contributed by atoms with Crippen molar-refractivity contribution in [1.29, 1.82) is 0 Å². The fourth-order valence-electron chi connectivity index (χ4n) is 4.57. The SMILES string of the molecule is CCOC1CC(N)(C(=O)NCc2ccccc2CN2CCCCCC2)C1(C)C. The highest BCUT2D eigenvalue weighted by Crippen LogP contribution is 2.49. The molecule has 156 valence electrons. The predicted octanol–water partition coefficient (Wildman–Crippen LogP) is 3.21. The number of carbonyl (C=O) groups excluding carboxylic acids is 1. The monoisotopic (exact) mass is 387 g/mol. The predicted molar refractivity (Wildman–Crippen MR) is 113 cm³/mol. The zero-order valence-corrected chi connectivity index (χ0v) is 17.8. The molecule has 28 heavy (non-hydrogen) atoms. The van der Waals surface area contributed by atoms with Crippen molar-refractivity contribution in [2.24, 2.45) is 11.1 Å². The third kappa shape index (κ3) is 4.27. The molecule has 1 heterocycles. The van der Waals surface area contributed by atoms with Crippen molar-refractivity contribution in [3.63, 3.8) is 0 Å². The summed E-state index contributed by atoms with van der Waals surface area (Å²) in [7, 11) is 0. The number of likely N-dealkylation sites (tertiary alicyclic amines) is 1. The summed E-state index contributed by atoms with van der Waals surface area (Å²) in [4.78, 5) is 15.5. The molecule has 0 bridgehead atoms. The minimum atomic E-state index is -0.868. The first kappa shape index (κ1) is 21.3. The van der Waals surface area contributed by atoms with Crippen LogP contribution in [-0.4, -0.2) is 42.1 Å². The number of hydrogen-bond donors (Lipinski definition) is 2. The molecule has 0 spiro atoms. The summed E-state index contributed by atoms with van der Waals surface area (Å²) in [5, 5.41) is 3.11. The summed E-state index contributed by atoms with van der Waals surface area (Å²) in [5.41, 5.74) is 7.77. The van der Waals surface area contributed by atoms with Gasteiger partial charge in [0.05, 0.1) is 6.10 Å². The molecule has 1 aliphatic heterocycles. The zero-order valence-electron chi connectivity index (χ0n) is 17.8. The van der Waals surface area contributed by atoms with E-state index in [1.807, 2.05) is 26.8 Å². The molecule has 0 radical (unpaired) electrons. The van der Waals surface area contributed by atoms with Gasteiger partial charge >= 0.3 is 0 Å². The summed E-state index contributed by atoms with van der Waals surface area (Å²) in [6, 6.07) is 8.43. The Morgan fingerprint density at radius 1 is 1.18 bits per heavy atom. The van der Waals surface area contributed by atoms with Crippen molar-refractivity contribution in [2.75, 3.05) is 19.7 Å². The lowest BCUT2D eigenvalue weighted by Crippen LogP contribution is -2.75. The Labute approximate surface area is 170 Å². The van der Waals surface area contributed by atoms with Crippen LogP contribution in [-0.2, 0) is 22.6 Å². The second-order valence-electron chi connectivity index (χ2n) is 8.98. The van der Waals surface area contributed by atoms with Gasteiger partial charge in [0.1, 0.15) is 5.54 Å². The molecular formula is C23H37N3O2. The molecule has 1 saturated heterocycles.